The molecule has 0 aliphatic carbocycles. The van der Waals surface area contributed by atoms with E-state index in [9.17, 15) is 4.79 Å². The molecule has 1 fully saturated rings. The number of hydrogen-bond acceptors (Lipinski definition) is 2. The molecule has 3 heteroatoms. The van der Waals surface area contributed by atoms with Gasteiger partial charge in [0.15, 0.2) is 0 Å². The molecule has 0 saturated carbocycles. The van der Waals surface area contributed by atoms with Crippen LogP contribution < -0.4 is 5.32 Å². The number of nitrogens with zero attached hydrogens (tertiary/aromatic N) is 1. The Morgan fingerprint density at radius 3 is 2.48 bits per heavy atom. The zero-order chi connectivity index (χ0) is 16.1. The number of rotatable bonds is 5. The van der Waals surface area contributed by atoms with Gasteiger partial charge in [-0.3, -0.25) is 9.69 Å². The van der Waals surface area contributed by atoms with E-state index < -0.39 is 0 Å². The molecule has 2 aromatic rings. The second-order valence-corrected chi connectivity index (χ2v) is 6.24. The summed E-state index contributed by atoms with van der Waals surface area (Å²) in [6.07, 6.45) is 2.28. The molecule has 1 N–H and O–H groups in total. The maximum absolute atomic E-state index is 12.4. The fourth-order valence-electron chi connectivity index (χ4n) is 3.36. The predicted octanol–water partition coefficient (Wildman–Crippen LogP) is 3.70. The highest BCUT2D eigenvalue weighted by atomic mass is 16.2. The van der Waals surface area contributed by atoms with Crippen molar-refractivity contribution in [3.8, 4) is 0 Å². The van der Waals surface area contributed by atoms with Crippen LogP contribution in [0.25, 0.3) is 0 Å². The Morgan fingerprint density at radius 2 is 1.78 bits per heavy atom. The summed E-state index contributed by atoms with van der Waals surface area (Å²) in [5.41, 5.74) is 2.45. The Labute approximate surface area is 138 Å². The third kappa shape index (κ3) is 3.99. The van der Waals surface area contributed by atoms with E-state index in [0.717, 1.165) is 24.9 Å². The third-order valence-electron chi connectivity index (χ3n) is 4.57. The molecule has 3 nitrogen and oxygen atoms in total. The van der Waals surface area contributed by atoms with Crippen molar-refractivity contribution in [2.75, 3.05) is 13.1 Å². The van der Waals surface area contributed by atoms with Gasteiger partial charge in [-0.15, -0.1) is 0 Å². The van der Waals surface area contributed by atoms with Crippen molar-refractivity contribution in [1.29, 1.82) is 0 Å². The van der Waals surface area contributed by atoms with E-state index >= 15 is 0 Å². The van der Waals surface area contributed by atoms with E-state index in [2.05, 4.69) is 34.5 Å². The molecule has 1 saturated heterocycles. The normalized spacial score (nSPS) is 19.4. The van der Waals surface area contributed by atoms with Gasteiger partial charge in [0, 0.05) is 6.04 Å². The second-order valence-electron chi connectivity index (χ2n) is 6.24. The first kappa shape index (κ1) is 15.8. The van der Waals surface area contributed by atoms with Crippen molar-refractivity contribution in [2.45, 2.75) is 31.8 Å². The van der Waals surface area contributed by atoms with Crippen molar-refractivity contribution < 1.29 is 4.79 Å². The van der Waals surface area contributed by atoms with Gasteiger partial charge in [-0.05, 0) is 37.4 Å². The average molecular weight is 308 g/mol. The van der Waals surface area contributed by atoms with Crippen molar-refractivity contribution in [1.82, 2.24) is 10.2 Å². The van der Waals surface area contributed by atoms with Crippen molar-refractivity contribution in [3.05, 3.63) is 71.8 Å². The van der Waals surface area contributed by atoms with Crippen LogP contribution in [0.4, 0.5) is 0 Å². The van der Waals surface area contributed by atoms with Crippen LogP contribution in [0.2, 0.25) is 0 Å². The van der Waals surface area contributed by atoms with Gasteiger partial charge < -0.3 is 5.32 Å². The largest absolute Gasteiger partial charge is 0.348 e. The summed E-state index contributed by atoms with van der Waals surface area (Å²) in [5.74, 6) is 0.101. The number of likely N-dealkylation sites (tertiary alicyclic amines) is 1. The summed E-state index contributed by atoms with van der Waals surface area (Å²) in [5, 5.41) is 3.11. The van der Waals surface area contributed by atoms with Crippen LogP contribution in [-0.4, -0.2) is 23.9 Å². The molecule has 2 atom stereocenters. The van der Waals surface area contributed by atoms with Crippen molar-refractivity contribution in [3.63, 3.8) is 0 Å². The van der Waals surface area contributed by atoms with Gasteiger partial charge in [0.2, 0.25) is 5.91 Å². The number of carbonyl (C=O) groups excluding carboxylic acids is 1. The van der Waals surface area contributed by atoms with Crippen LogP contribution in [0.1, 0.15) is 43.0 Å². The molecule has 1 amide bonds. The minimum atomic E-state index is 0.0430. The Kier molecular flexibility index (Phi) is 5.09. The average Bonchev–Trinajstić information content (AvgIpc) is 3.04. The van der Waals surface area contributed by atoms with Gasteiger partial charge >= 0.3 is 0 Å². The highest BCUT2D eigenvalue weighted by Gasteiger charge is 2.27. The fraction of sp³-hybridized carbons (Fsp3) is 0.350. The van der Waals surface area contributed by atoms with Crippen LogP contribution in [0.5, 0.6) is 0 Å². The molecule has 0 spiro atoms. The number of nitrogens with one attached hydrogen (secondary N) is 1. The minimum absolute atomic E-state index is 0.0430. The summed E-state index contributed by atoms with van der Waals surface area (Å²) in [4.78, 5) is 14.7. The van der Waals surface area contributed by atoms with Crippen molar-refractivity contribution in [2.24, 2.45) is 0 Å². The van der Waals surface area contributed by atoms with Crippen LogP contribution in [0.15, 0.2) is 60.7 Å². The maximum atomic E-state index is 12.4. The van der Waals surface area contributed by atoms with Crippen LogP contribution in [0.3, 0.4) is 0 Å². The maximum Gasteiger partial charge on any atom is 0.234 e. The van der Waals surface area contributed by atoms with E-state index in [0.29, 0.717) is 12.6 Å². The summed E-state index contributed by atoms with van der Waals surface area (Å²) in [7, 11) is 0. The molecule has 0 radical (unpaired) electrons. The Morgan fingerprint density at radius 1 is 1.13 bits per heavy atom. The summed E-state index contributed by atoms with van der Waals surface area (Å²) in [6.45, 7) is 3.50. The SMILES string of the molecule is C[C@@H](NC(=O)CN1CCC[C@@H]1c1ccccc1)c1ccccc1. The smallest absolute Gasteiger partial charge is 0.234 e. The standard InChI is InChI=1S/C20H24N2O/c1-16(17-9-4-2-5-10-17)21-20(23)15-22-14-8-13-19(22)18-11-6-3-7-12-18/h2-7,9-12,16,19H,8,13-15H2,1H3,(H,21,23)/t16-,19-/m1/s1. The first-order chi connectivity index (χ1) is 11.2. The number of benzene rings is 2. The second kappa shape index (κ2) is 7.42. The molecule has 1 aliphatic heterocycles. The van der Waals surface area contributed by atoms with Crippen LogP contribution >= 0.6 is 0 Å². The lowest BCUT2D eigenvalue weighted by molar-refractivity contribution is -0.123. The molecule has 0 aromatic heterocycles. The van der Waals surface area contributed by atoms with Gasteiger partial charge in [-0.2, -0.15) is 0 Å². The molecule has 1 heterocycles. The van der Waals surface area contributed by atoms with E-state index in [1.807, 2.05) is 43.3 Å². The fourth-order valence-corrected chi connectivity index (χ4v) is 3.36. The van der Waals surface area contributed by atoms with Crippen LogP contribution in [0, 0.1) is 0 Å². The molecule has 2 aromatic carbocycles. The highest BCUT2D eigenvalue weighted by Crippen LogP contribution is 2.31. The summed E-state index contributed by atoms with van der Waals surface area (Å²) >= 11 is 0. The lowest BCUT2D eigenvalue weighted by Gasteiger charge is -2.25. The van der Waals surface area contributed by atoms with Gasteiger partial charge in [0.1, 0.15) is 0 Å². The Balaban J connectivity index is 1.59. The Bertz CT molecular complexity index is 627. The van der Waals surface area contributed by atoms with E-state index in [-0.39, 0.29) is 11.9 Å². The Hall–Kier alpha value is -2.13. The molecule has 23 heavy (non-hydrogen) atoms. The zero-order valence-corrected chi connectivity index (χ0v) is 13.6. The van der Waals surface area contributed by atoms with Crippen molar-refractivity contribution >= 4 is 5.91 Å². The lowest BCUT2D eigenvalue weighted by atomic mass is 10.0. The quantitative estimate of drug-likeness (QED) is 0.913. The lowest BCUT2D eigenvalue weighted by Crippen LogP contribution is -2.38. The molecular weight excluding hydrogens is 284 g/mol. The molecular formula is C20H24N2O. The summed E-state index contributed by atoms with van der Waals surface area (Å²) in [6, 6.07) is 21.0. The minimum Gasteiger partial charge on any atom is -0.348 e. The van der Waals surface area contributed by atoms with E-state index in [1.165, 1.54) is 5.56 Å². The molecule has 3 rings (SSSR count). The third-order valence-corrected chi connectivity index (χ3v) is 4.57. The monoisotopic (exact) mass is 308 g/mol. The van der Waals surface area contributed by atoms with Gasteiger partial charge in [0.25, 0.3) is 0 Å². The highest BCUT2D eigenvalue weighted by molar-refractivity contribution is 5.78. The number of carbonyl (C=O) groups is 1. The molecule has 120 valence electrons. The number of amides is 1. The molecule has 0 bridgehead atoms. The predicted molar refractivity (Wildman–Crippen MR) is 93.0 cm³/mol. The topological polar surface area (TPSA) is 32.3 Å². The number of hydrogen-bond donors (Lipinski definition) is 1. The zero-order valence-electron chi connectivity index (χ0n) is 13.6. The molecule has 0 unspecified atom stereocenters. The van der Waals surface area contributed by atoms with Gasteiger partial charge in [-0.25, -0.2) is 0 Å². The van der Waals surface area contributed by atoms with Gasteiger partial charge in [-0.1, -0.05) is 60.7 Å². The van der Waals surface area contributed by atoms with E-state index in [4.69, 9.17) is 0 Å². The first-order valence-electron chi connectivity index (χ1n) is 8.37. The first-order valence-corrected chi connectivity index (χ1v) is 8.37. The van der Waals surface area contributed by atoms with E-state index in [1.54, 1.807) is 0 Å². The summed E-state index contributed by atoms with van der Waals surface area (Å²) < 4.78 is 0. The van der Waals surface area contributed by atoms with Gasteiger partial charge in [0.05, 0.1) is 12.6 Å². The molecule has 1 aliphatic rings. The van der Waals surface area contributed by atoms with Crippen LogP contribution in [-0.2, 0) is 4.79 Å².